The molecule has 2 aromatic carbocycles. The molecule has 33 heavy (non-hydrogen) atoms. The van der Waals surface area contributed by atoms with Gasteiger partial charge in [-0.15, -0.1) is 0 Å². The van der Waals surface area contributed by atoms with E-state index in [-0.39, 0.29) is 5.92 Å². The number of alkyl halides is 1. The molecule has 0 unspecified atom stereocenters. The van der Waals surface area contributed by atoms with Crippen molar-refractivity contribution in [3.05, 3.63) is 60.7 Å². The second-order valence-corrected chi connectivity index (χ2v) is 9.01. The first kappa shape index (κ1) is 25.5. The lowest BCUT2D eigenvalue weighted by atomic mass is 9.55. The summed E-state index contributed by atoms with van der Waals surface area (Å²) in [5, 5.41) is -0.412. The SMILES string of the molecule is COC(=O)[C@H](OB(c1ccccc1)c1ccccc1)[C@@H](O[C@@H](Br)C1CCCCC1)C(=O)OC. The first-order valence-corrected chi connectivity index (χ1v) is 12.2. The number of carbonyl (C=O) groups excluding carboxylic acids is 2. The Labute approximate surface area is 204 Å². The first-order chi connectivity index (χ1) is 16.0. The third-order valence-corrected chi connectivity index (χ3v) is 6.89. The fraction of sp³-hybridized carbons (Fsp3) is 0.440. The van der Waals surface area contributed by atoms with Crippen molar-refractivity contribution in [2.75, 3.05) is 14.2 Å². The lowest BCUT2D eigenvalue weighted by Crippen LogP contribution is -2.55. The van der Waals surface area contributed by atoms with Gasteiger partial charge in [-0.25, -0.2) is 9.59 Å². The molecule has 1 aliphatic rings. The largest absolute Gasteiger partial charge is 0.467 e. The van der Waals surface area contributed by atoms with Crippen LogP contribution in [0.5, 0.6) is 0 Å². The zero-order valence-electron chi connectivity index (χ0n) is 19.0. The summed E-state index contributed by atoms with van der Waals surface area (Å²) in [6.07, 6.45) is 2.79. The lowest BCUT2D eigenvalue weighted by Gasteiger charge is -2.32. The van der Waals surface area contributed by atoms with Crippen molar-refractivity contribution < 1.29 is 28.5 Å². The molecule has 1 fully saturated rings. The Morgan fingerprint density at radius 1 is 0.818 bits per heavy atom. The minimum Gasteiger partial charge on any atom is -0.467 e. The molecule has 0 N–H and O–H groups in total. The Bertz CT molecular complexity index is 835. The van der Waals surface area contributed by atoms with Gasteiger partial charge in [0.15, 0.2) is 12.2 Å². The molecular formula is C25H30BBrO6. The number of ether oxygens (including phenoxy) is 3. The first-order valence-electron chi connectivity index (χ1n) is 11.3. The van der Waals surface area contributed by atoms with Gasteiger partial charge in [-0.2, -0.15) is 0 Å². The summed E-state index contributed by atoms with van der Waals surface area (Å²) in [6.45, 7) is -0.615. The van der Waals surface area contributed by atoms with Gasteiger partial charge in [0.25, 0.3) is 0 Å². The third-order valence-electron chi connectivity index (χ3n) is 5.93. The van der Waals surface area contributed by atoms with Gasteiger partial charge in [-0.3, -0.25) is 0 Å². The predicted octanol–water partition coefficient (Wildman–Crippen LogP) is 3.21. The summed E-state index contributed by atoms with van der Waals surface area (Å²) in [6, 6.07) is 19.0. The molecule has 0 heterocycles. The van der Waals surface area contributed by atoms with E-state index in [2.05, 4.69) is 15.9 Å². The van der Waals surface area contributed by atoms with Crippen molar-refractivity contribution in [1.82, 2.24) is 0 Å². The molecule has 8 heteroatoms. The summed E-state index contributed by atoms with van der Waals surface area (Å²) >= 11 is 3.60. The molecule has 176 valence electrons. The quantitative estimate of drug-likeness (QED) is 0.274. The van der Waals surface area contributed by atoms with Gasteiger partial charge in [0.2, 0.25) is 0 Å². The zero-order chi connectivity index (χ0) is 23.6. The number of hydrogen-bond acceptors (Lipinski definition) is 6. The third kappa shape index (κ3) is 6.92. The Balaban J connectivity index is 1.92. The highest BCUT2D eigenvalue weighted by Gasteiger charge is 2.42. The maximum atomic E-state index is 12.9. The van der Waals surface area contributed by atoms with E-state index in [0.29, 0.717) is 0 Å². The Hall–Kier alpha value is -2.16. The molecule has 0 bridgehead atoms. The van der Waals surface area contributed by atoms with Crippen LogP contribution in [-0.2, 0) is 28.5 Å². The maximum absolute atomic E-state index is 12.9. The van der Waals surface area contributed by atoms with Crippen LogP contribution in [-0.4, -0.2) is 50.3 Å². The van der Waals surface area contributed by atoms with Crippen LogP contribution in [0, 0.1) is 5.92 Å². The average molecular weight is 517 g/mol. The number of methoxy groups -OCH3 is 2. The molecular weight excluding hydrogens is 487 g/mol. The molecule has 0 saturated heterocycles. The monoisotopic (exact) mass is 516 g/mol. The molecule has 3 atom stereocenters. The van der Waals surface area contributed by atoms with E-state index in [4.69, 9.17) is 18.9 Å². The van der Waals surface area contributed by atoms with Crippen molar-refractivity contribution in [2.45, 2.75) is 49.3 Å². The van der Waals surface area contributed by atoms with Crippen molar-refractivity contribution >= 4 is 45.7 Å². The van der Waals surface area contributed by atoms with Crippen LogP contribution >= 0.6 is 15.9 Å². The van der Waals surface area contributed by atoms with Crippen LogP contribution in [0.4, 0.5) is 0 Å². The maximum Gasteiger partial charge on any atom is 0.362 e. The summed E-state index contributed by atoms with van der Waals surface area (Å²) in [4.78, 5) is 25.7. The van der Waals surface area contributed by atoms with Gasteiger partial charge in [-0.1, -0.05) is 95.9 Å². The lowest BCUT2D eigenvalue weighted by molar-refractivity contribution is -0.175. The number of esters is 2. The van der Waals surface area contributed by atoms with E-state index in [1.165, 1.54) is 20.6 Å². The number of halogens is 1. The van der Waals surface area contributed by atoms with E-state index in [1.807, 2.05) is 60.7 Å². The molecule has 0 spiro atoms. The topological polar surface area (TPSA) is 71.1 Å². The highest BCUT2D eigenvalue weighted by Crippen LogP contribution is 2.32. The van der Waals surface area contributed by atoms with Crippen molar-refractivity contribution in [2.24, 2.45) is 5.92 Å². The highest BCUT2D eigenvalue weighted by molar-refractivity contribution is 9.09. The molecule has 3 rings (SSSR count). The smallest absolute Gasteiger partial charge is 0.362 e. The summed E-state index contributed by atoms with van der Waals surface area (Å²) < 4.78 is 22.5. The molecule has 0 radical (unpaired) electrons. The fourth-order valence-corrected chi connectivity index (χ4v) is 4.89. The molecule has 6 nitrogen and oxygen atoms in total. The van der Waals surface area contributed by atoms with Crippen LogP contribution in [0.3, 0.4) is 0 Å². The van der Waals surface area contributed by atoms with Crippen LogP contribution in [0.25, 0.3) is 0 Å². The second kappa shape index (κ2) is 12.9. The number of carbonyl (C=O) groups is 2. The van der Waals surface area contributed by atoms with Crippen LogP contribution in [0.1, 0.15) is 32.1 Å². The van der Waals surface area contributed by atoms with E-state index < -0.39 is 36.1 Å². The summed E-state index contributed by atoms with van der Waals surface area (Å²) in [7, 11) is 2.53. The molecule has 1 saturated carbocycles. The Morgan fingerprint density at radius 2 is 1.30 bits per heavy atom. The standard InChI is InChI=1S/C25H30BBrO6/c1-30-24(28)21(32-23(27)18-12-6-3-7-13-18)22(25(29)31-2)33-26(19-14-8-4-9-15-19)20-16-10-5-11-17-20/h4-5,8-11,14-18,21-23H,3,6-7,12-13H2,1-2H3/t21-,22-,23-/m1/s1. The van der Waals surface area contributed by atoms with Crippen LogP contribution in [0.2, 0.25) is 0 Å². The molecule has 0 aromatic heterocycles. The van der Waals surface area contributed by atoms with Gasteiger partial charge in [0.1, 0.15) is 5.01 Å². The van der Waals surface area contributed by atoms with Crippen molar-refractivity contribution in [3.8, 4) is 0 Å². The zero-order valence-corrected chi connectivity index (χ0v) is 20.6. The summed E-state index contributed by atoms with van der Waals surface area (Å²) in [5.41, 5.74) is 1.67. The number of rotatable bonds is 10. The van der Waals surface area contributed by atoms with Gasteiger partial charge >= 0.3 is 18.9 Å². The predicted molar refractivity (Wildman–Crippen MR) is 131 cm³/mol. The fourth-order valence-electron chi connectivity index (χ4n) is 4.13. The van der Waals surface area contributed by atoms with E-state index in [0.717, 1.165) is 36.6 Å². The van der Waals surface area contributed by atoms with E-state index >= 15 is 0 Å². The molecule has 0 aliphatic heterocycles. The number of hydrogen-bond donors (Lipinski definition) is 0. The van der Waals surface area contributed by atoms with Gasteiger partial charge in [0, 0.05) is 0 Å². The molecule has 2 aromatic rings. The highest BCUT2D eigenvalue weighted by atomic mass is 79.9. The van der Waals surface area contributed by atoms with Crippen LogP contribution < -0.4 is 10.9 Å². The van der Waals surface area contributed by atoms with Crippen molar-refractivity contribution in [1.29, 1.82) is 0 Å². The van der Waals surface area contributed by atoms with E-state index in [9.17, 15) is 9.59 Å². The van der Waals surface area contributed by atoms with Crippen molar-refractivity contribution in [3.63, 3.8) is 0 Å². The summed E-state index contributed by atoms with van der Waals surface area (Å²) in [5.74, 6) is -1.15. The normalized spacial score (nSPS) is 16.9. The van der Waals surface area contributed by atoms with Crippen LogP contribution in [0.15, 0.2) is 60.7 Å². The van der Waals surface area contributed by atoms with Gasteiger partial charge in [0.05, 0.1) is 14.2 Å². The van der Waals surface area contributed by atoms with Gasteiger partial charge < -0.3 is 18.9 Å². The Kier molecular flexibility index (Phi) is 9.97. The van der Waals surface area contributed by atoms with E-state index in [1.54, 1.807) is 0 Å². The minimum atomic E-state index is -1.32. The molecule has 0 amide bonds. The second-order valence-electron chi connectivity index (χ2n) is 8.11. The minimum absolute atomic E-state index is 0.239. The Morgan fingerprint density at radius 3 is 1.79 bits per heavy atom. The van der Waals surface area contributed by atoms with Gasteiger partial charge in [-0.05, 0) is 29.7 Å². The molecule has 1 aliphatic carbocycles. The average Bonchev–Trinajstić information content (AvgIpc) is 2.88. The number of benzene rings is 2.